The highest BCUT2D eigenvalue weighted by molar-refractivity contribution is 4.85. The Balaban J connectivity index is 0.000000281. The predicted octanol–water partition coefficient (Wildman–Crippen LogP) is 3.86. The zero-order valence-electron chi connectivity index (χ0n) is 8.27. The molecule has 0 aromatic rings. The van der Waals surface area contributed by atoms with Crippen LogP contribution in [-0.4, -0.2) is 0 Å². The summed E-state index contributed by atoms with van der Waals surface area (Å²) in [5.41, 5.74) is 0. The van der Waals surface area contributed by atoms with Gasteiger partial charge in [0.1, 0.15) is 0 Å². The van der Waals surface area contributed by atoms with E-state index in [1.165, 1.54) is 6.42 Å². The van der Waals surface area contributed by atoms with Crippen molar-refractivity contribution in [3.8, 4) is 0 Å². The molecule has 66 valence electrons. The molecular formula is C11H22. The lowest BCUT2D eigenvalue weighted by Crippen LogP contribution is -1.95. The molecule has 0 heterocycles. The molecular weight excluding hydrogens is 132 g/mol. The first-order chi connectivity index (χ1) is 5.36. The zero-order chi connectivity index (χ0) is 8.27. The van der Waals surface area contributed by atoms with E-state index in [4.69, 9.17) is 0 Å². The lowest BCUT2D eigenvalue weighted by molar-refractivity contribution is 0.457. The van der Waals surface area contributed by atoms with Crippen molar-refractivity contribution in [3.05, 3.63) is 0 Å². The standard InChI is InChI=1S/C9H16.C2H6/c1-7-5-8-3-2-4-9(8)6-7;1-2/h7-9H,2-6H2,1H3;1-2H3/t7?,8-,9?;/m1./s1. The molecule has 2 aliphatic rings. The smallest absolute Gasteiger partial charge is 0.0383 e. The maximum absolute atomic E-state index is 2.42. The molecule has 2 rings (SSSR count). The molecule has 0 spiro atoms. The molecule has 0 nitrogen and oxygen atoms in total. The molecule has 0 amide bonds. The van der Waals surface area contributed by atoms with Gasteiger partial charge in [-0.3, -0.25) is 0 Å². The second-order valence-electron chi connectivity index (χ2n) is 4.03. The molecule has 0 aromatic carbocycles. The summed E-state index contributed by atoms with van der Waals surface area (Å²) in [7, 11) is 0. The van der Waals surface area contributed by atoms with Gasteiger partial charge in [0.25, 0.3) is 0 Å². The molecule has 2 fully saturated rings. The van der Waals surface area contributed by atoms with Crippen LogP contribution < -0.4 is 0 Å². The van der Waals surface area contributed by atoms with Crippen molar-refractivity contribution >= 4 is 0 Å². The molecule has 0 N–H and O–H groups in total. The maximum Gasteiger partial charge on any atom is -0.0383 e. The fourth-order valence-corrected chi connectivity index (χ4v) is 2.86. The summed E-state index contributed by atoms with van der Waals surface area (Å²) >= 11 is 0. The van der Waals surface area contributed by atoms with Crippen LogP contribution in [0, 0.1) is 17.8 Å². The second-order valence-corrected chi connectivity index (χ2v) is 4.03. The first-order valence-electron chi connectivity index (χ1n) is 5.36. The molecule has 2 saturated carbocycles. The Labute approximate surface area is 71.4 Å². The third-order valence-corrected chi connectivity index (χ3v) is 3.23. The summed E-state index contributed by atoms with van der Waals surface area (Å²) in [5.74, 6) is 3.36. The first-order valence-corrected chi connectivity index (χ1v) is 5.36. The third-order valence-electron chi connectivity index (χ3n) is 3.23. The molecule has 0 aromatic heterocycles. The normalized spacial score (nSPS) is 41.2. The van der Waals surface area contributed by atoms with E-state index in [2.05, 4.69) is 6.92 Å². The summed E-state index contributed by atoms with van der Waals surface area (Å²) in [6, 6.07) is 0. The summed E-state index contributed by atoms with van der Waals surface area (Å²) in [5, 5.41) is 0. The number of hydrogen-bond donors (Lipinski definition) is 0. The van der Waals surface area contributed by atoms with E-state index in [0.717, 1.165) is 17.8 Å². The average Bonchev–Trinajstić information content (AvgIpc) is 2.51. The Morgan fingerprint density at radius 3 is 1.82 bits per heavy atom. The SMILES string of the molecule is CC.CC1CC2CCC[C@@H]2C1. The lowest BCUT2D eigenvalue weighted by atomic mass is 10.0. The van der Waals surface area contributed by atoms with Crippen molar-refractivity contribution in [1.82, 2.24) is 0 Å². The minimum absolute atomic E-state index is 1.06. The molecule has 3 atom stereocenters. The van der Waals surface area contributed by atoms with Gasteiger partial charge in [0, 0.05) is 0 Å². The average molecular weight is 154 g/mol. The third kappa shape index (κ3) is 1.98. The molecule has 0 radical (unpaired) electrons. The van der Waals surface area contributed by atoms with Crippen molar-refractivity contribution < 1.29 is 0 Å². The van der Waals surface area contributed by atoms with E-state index in [9.17, 15) is 0 Å². The van der Waals surface area contributed by atoms with Crippen LogP contribution in [0.15, 0.2) is 0 Å². The van der Waals surface area contributed by atoms with E-state index < -0.39 is 0 Å². The molecule has 0 saturated heterocycles. The topological polar surface area (TPSA) is 0 Å². The Bertz CT molecular complexity index is 94.6. The molecule has 0 heteroatoms. The largest absolute Gasteiger partial charge is 0.0683 e. The van der Waals surface area contributed by atoms with Gasteiger partial charge in [0.15, 0.2) is 0 Å². The van der Waals surface area contributed by atoms with Crippen LogP contribution in [0.5, 0.6) is 0 Å². The Hall–Kier alpha value is 0. The maximum atomic E-state index is 2.42. The van der Waals surface area contributed by atoms with Gasteiger partial charge < -0.3 is 0 Å². The minimum atomic E-state index is 1.06. The summed E-state index contributed by atoms with van der Waals surface area (Å²) in [6.07, 6.45) is 7.72. The van der Waals surface area contributed by atoms with E-state index in [1.54, 1.807) is 25.7 Å². The van der Waals surface area contributed by atoms with Gasteiger partial charge in [0.2, 0.25) is 0 Å². The van der Waals surface area contributed by atoms with Crippen LogP contribution in [-0.2, 0) is 0 Å². The highest BCUT2D eigenvalue weighted by Crippen LogP contribution is 2.46. The van der Waals surface area contributed by atoms with Gasteiger partial charge in [-0.15, -0.1) is 0 Å². The van der Waals surface area contributed by atoms with Gasteiger partial charge >= 0.3 is 0 Å². The summed E-state index contributed by atoms with van der Waals surface area (Å²) in [4.78, 5) is 0. The Morgan fingerprint density at radius 2 is 1.36 bits per heavy atom. The van der Waals surface area contributed by atoms with E-state index >= 15 is 0 Å². The molecule has 11 heavy (non-hydrogen) atoms. The first kappa shape index (κ1) is 9.09. The van der Waals surface area contributed by atoms with Crippen molar-refractivity contribution in [3.63, 3.8) is 0 Å². The molecule has 2 unspecified atom stereocenters. The van der Waals surface area contributed by atoms with Crippen molar-refractivity contribution in [2.75, 3.05) is 0 Å². The second kappa shape index (κ2) is 4.13. The fourth-order valence-electron chi connectivity index (χ4n) is 2.86. The highest BCUT2D eigenvalue weighted by Gasteiger charge is 2.34. The van der Waals surface area contributed by atoms with Crippen molar-refractivity contribution in [1.29, 1.82) is 0 Å². The Morgan fingerprint density at radius 1 is 0.909 bits per heavy atom. The van der Waals surface area contributed by atoms with Crippen LogP contribution in [0.3, 0.4) is 0 Å². The van der Waals surface area contributed by atoms with Gasteiger partial charge in [-0.25, -0.2) is 0 Å². The van der Waals surface area contributed by atoms with Gasteiger partial charge in [-0.1, -0.05) is 40.0 Å². The molecule has 0 aliphatic heterocycles. The Kier molecular flexibility index (Phi) is 3.42. The van der Waals surface area contributed by atoms with Crippen LogP contribution in [0.2, 0.25) is 0 Å². The van der Waals surface area contributed by atoms with Crippen LogP contribution in [0.1, 0.15) is 52.9 Å². The quantitative estimate of drug-likeness (QED) is 0.497. The molecule has 2 aliphatic carbocycles. The van der Waals surface area contributed by atoms with Gasteiger partial charge in [0.05, 0.1) is 0 Å². The van der Waals surface area contributed by atoms with E-state index in [1.807, 2.05) is 13.8 Å². The zero-order valence-corrected chi connectivity index (χ0v) is 8.27. The fraction of sp³-hybridized carbons (Fsp3) is 1.00. The van der Waals surface area contributed by atoms with Crippen LogP contribution in [0.4, 0.5) is 0 Å². The molecule has 0 bridgehead atoms. The van der Waals surface area contributed by atoms with Crippen LogP contribution in [0.25, 0.3) is 0 Å². The summed E-state index contributed by atoms with van der Waals surface area (Å²) in [6.45, 7) is 6.42. The lowest BCUT2D eigenvalue weighted by Gasteiger charge is -2.04. The number of hydrogen-bond acceptors (Lipinski definition) is 0. The van der Waals surface area contributed by atoms with Crippen LogP contribution >= 0.6 is 0 Å². The van der Waals surface area contributed by atoms with E-state index in [0.29, 0.717) is 0 Å². The number of fused-ring (bicyclic) bond motifs is 1. The monoisotopic (exact) mass is 154 g/mol. The van der Waals surface area contributed by atoms with Gasteiger partial charge in [-0.05, 0) is 30.6 Å². The van der Waals surface area contributed by atoms with Crippen molar-refractivity contribution in [2.24, 2.45) is 17.8 Å². The van der Waals surface area contributed by atoms with E-state index in [-0.39, 0.29) is 0 Å². The predicted molar refractivity (Wildman–Crippen MR) is 50.6 cm³/mol. The minimum Gasteiger partial charge on any atom is -0.0683 e. The summed E-state index contributed by atoms with van der Waals surface area (Å²) < 4.78 is 0. The van der Waals surface area contributed by atoms with Gasteiger partial charge in [-0.2, -0.15) is 0 Å². The number of rotatable bonds is 0. The van der Waals surface area contributed by atoms with Crippen molar-refractivity contribution in [2.45, 2.75) is 52.9 Å². The highest BCUT2D eigenvalue weighted by atomic mass is 14.4.